The van der Waals surface area contributed by atoms with E-state index >= 15 is 0 Å². The second-order valence-electron chi connectivity index (χ2n) is 5.12. The van der Waals surface area contributed by atoms with Crippen LogP contribution in [0.2, 0.25) is 0 Å². The molecule has 0 aliphatic heterocycles. The summed E-state index contributed by atoms with van der Waals surface area (Å²) < 4.78 is 62.9. The third kappa shape index (κ3) is 3.58. The molecule has 0 spiro atoms. The predicted octanol–water partition coefficient (Wildman–Crippen LogP) is 4.14. The van der Waals surface area contributed by atoms with Crippen molar-refractivity contribution in [1.29, 1.82) is 0 Å². The Morgan fingerprint density at radius 1 is 0.960 bits per heavy atom. The van der Waals surface area contributed by atoms with Crippen LogP contribution in [0.15, 0.2) is 58.8 Å². The number of hydrogen-bond donors (Lipinski definition) is 1. The molecule has 0 aliphatic rings. The summed E-state index contributed by atoms with van der Waals surface area (Å²) in [6.07, 6.45) is -4.52. The van der Waals surface area contributed by atoms with Gasteiger partial charge in [-0.3, -0.25) is 0 Å². The van der Waals surface area contributed by atoms with Crippen molar-refractivity contribution in [3.05, 3.63) is 59.5 Å². The highest BCUT2D eigenvalue weighted by Gasteiger charge is 2.34. The van der Waals surface area contributed by atoms with Crippen LogP contribution in [0.25, 0.3) is 21.8 Å². The van der Waals surface area contributed by atoms with E-state index < -0.39 is 21.8 Å². The molecule has 3 aromatic rings. The molecule has 3 rings (SSSR count). The number of rotatable bonds is 3. The van der Waals surface area contributed by atoms with E-state index in [9.17, 15) is 21.6 Å². The fraction of sp³-hybridized carbons (Fsp3) is 0.0625. The van der Waals surface area contributed by atoms with E-state index in [1.165, 1.54) is 41.8 Å². The Balaban J connectivity index is 2.13. The lowest BCUT2D eigenvalue weighted by molar-refractivity contribution is -0.137. The number of thiazole rings is 1. The third-order valence-corrected chi connectivity index (χ3v) is 5.28. The van der Waals surface area contributed by atoms with E-state index in [1.807, 2.05) is 0 Å². The molecule has 0 bridgehead atoms. The summed E-state index contributed by atoms with van der Waals surface area (Å²) in [6, 6.07) is 11.1. The predicted molar refractivity (Wildman–Crippen MR) is 89.4 cm³/mol. The molecule has 2 N–H and O–H groups in total. The maximum atomic E-state index is 13.2. The van der Waals surface area contributed by atoms with Crippen molar-refractivity contribution in [2.24, 2.45) is 5.14 Å². The van der Waals surface area contributed by atoms with Gasteiger partial charge in [-0.1, -0.05) is 36.4 Å². The number of sulfonamides is 1. The Bertz CT molecular complexity index is 1030. The summed E-state index contributed by atoms with van der Waals surface area (Å²) in [7, 11) is -3.98. The van der Waals surface area contributed by atoms with Gasteiger partial charge in [-0.15, -0.1) is 11.3 Å². The van der Waals surface area contributed by atoms with Crippen LogP contribution in [0.4, 0.5) is 13.2 Å². The van der Waals surface area contributed by atoms with Crippen molar-refractivity contribution in [1.82, 2.24) is 4.98 Å². The van der Waals surface area contributed by atoms with Gasteiger partial charge < -0.3 is 0 Å². The van der Waals surface area contributed by atoms with Crippen molar-refractivity contribution in [2.75, 3.05) is 0 Å². The maximum Gasteiger partial charge on any atom is 0.417 e. The number of alkyl halides is 3. The number of aromatic nitrogens is 1. The molecule has 130 valence electrons. The van der Waals surface area contributed by atoms with Gasteiger partial charge in [0.2, 0.25) is 10.0 Å². The van der Waals surface area contributed by atoms with Crippen molar-refractivity contribution in [3.8, 4) is 21.8 Å². The van der Waals surface area contributed by atoms with Gasteiger partial charge in [0.15, 0.2) is 0 Å². The normalized spacial score (nSPS) is 12.3. The van der Waals surface area contributed by atoms with Crippen molar-refractivity contribution >= 4 is 21.4 Å². The molecule has 25 heavy (non-hydrogen) atoms. The van der Waals surface area contributed by atoms with E-state index in [4.69, 9.17) is 5.14 Å². The molecule has 0 radical (unpaired) electrons. The minimum Gasteiger partial charge on any atom is -0.236 e. The smallest absolute Gasteiger partial charge is 0.236 e. The van der Waals surface area contributed by atoms with Gasteiger partial charge in [-0.2, -0.15) is 13.2 Å². The van der Waals surface area contributed by atoms with E-state index in [0.29, 0.717) is 0 Å². The number of hydrogen-bond acceptors (Lipinski definition) is 4. The summed E-state index contributed by atoms with van der Waals surface area (Å²) in [5.74, 6) is 0. The number of nitrogens with zero attached hydrogens (tertiary/aromatic N) is 1. The molecule has 1 aromatic heterocycles. The van der Waals surface area contributed by atoms with Gasteiger partial charge in [-0.25, -0.2) is 18.5 Å². The summed E-state index contributed by atoms with van der Waals surface area (Å²) in [5, 5.41) is 6.93. The molecular formula is C16H11F3N2O2S2. The first-order valence-corrected chi connectivity index (χ1v) is 9.35. The largest absolute Gasteiger partial charge is 0.417 e. The van der Waals surface area contributed by atoms with Gasteiger partial charge >= 0.3 is 6.18 Å². The minimum atomic E-state index is -4.52. The fourth-order valence-electron chi connectivity index (χ4n) is 2.37. The lowest BCUT2D eigenvalue weighted by Crippen LogP contribution is -2.13. The second kappa shape index (κ2) is 6.25. The van der Waals surface area contributed by atoms with Crippen LogP contribution in [-0.2, 0) is 16.2 Å². The first kappa shape index (κ1) is 17.6. The van der Waals surface area contributed by atoms with Crippen LogP contribution in [-0.4, -0.2) is 13.4 Å². The van der Waals surface area contributed by atoms with E-state index in [1.54, 1.807) is 6.07 Å². The standard InChI is InChI=1S/C16H11F3N2O2S2/c17-16(18,19)12-7-3-1-5-10(12)13-9-24-15(21-13)11-6-2-4-8-14(11)25(20,22)23/h1-9H,(H2,20,22,23). The zero-order valence-electron chi connectivity index (χ0n) is 12.5. The van der Waals surface area contributed by atoms with Crippen LogP contribution < -0.4 is 5.14 Å². The topological polar surface area (TPSA) is 73.1 Å². The molecule has 0 atom stereocenters. The molecule has 1 heterocycles. The van der Waals surface area contributed by atoms with E-state index in [2.05, 4.69) is 4.98 Å². The summed E-state index contributed by atoms with van der Waals surface area (Å²) in [5.41, 5.74) is -0.486. The SMILES string of the molecule is NS(=O)(=O)c1ccccc1-c1nc(-c2ccccc2C(F)(F)F)cs1. The Labute approximate surface area is 145 Å². The second-order valence-corrected chi connectivity index (χ2v) is 7.51. The first-order chi connectivity index (χ1) is 11.7. The quantitative estimate of drug-likeness (QED) is 0.737. The van der Waals surface area contributed by atoms with Gasteiger partial charge in [-0.05, 0) is 12.1 Å². The van der Waals surface area contributed by atoms with Gasteiger partial charge in [0, 0.05) is 16.5 Å². The number of halogens is 3. The Hall–Kier alpha value is -2.23. The lowest BCUT2D eigenvalue weighted by atomic mass is 10.1. The molecule has 0 fully saturated rings. The monoisotopic (exact) mass is 384 g/mol. The summed E-state index contributed by atoms with van der Waals surface area (Å²) >= 11 is 1.05. The highest BCUT2D eigenvalue weighted by molar-refractivity contribution is 7.89. The molecule has 0 saturated heterocycles. The molecule has 0 saturated carbocycles. The van der Waals surface area contributed by atoms with Gasteiger partial charge in [0.1, 0.15) is 5.01 Å². The number of benzene rings is 2. The molecular weight excluding hydrogens is 373 g/mol. The highest BCUT2D eigenvalue weighted by Crippen LogP contribution is 2.39. The Kier molecular flexibility index (Phi) is 4.40. The van der Waals surface area contributed by atoms with E-state index in [0.717, 1.165) is 17.4 Å². The first-order valence-electron chi connectivity index (χ1n) is 6.92. The Morgan fingerprint density at radius 3 is 2.20 bits per heavy atom. The average molecular weight is 384 g/mol. The Morgan fingerprint density at radius 2 is 1.56 bits per heavy atom. The van der Waals surface area contributed by atoms with Crippen LogP contribution >= 0.6 is 11.3 Å². The van der Waals surface area contributed by atoms with Crippen molar-refractivity contribution in [2.45, 2.75) is 11.1 Å². The van der Waals surface area contributed by atoms with Gasteiger partial charge in [0.05, 0.1) is 16.2 Å². The van der Waals surface area contributed by atoms with Crippen molar-refractivity contribution in [3.63, 3.8) is 0 Å². The highest BCUT2D eigenvalue weighted by atomic mass is 32.2. The van der Waals surface area contributed by atoms with Crippen LogP contribution in [0.5, 0.6) is 0 Å². The zero-order valence-corrected chi connectivity index (χ0v) is 14.1. The van der Waals surface area contributed by atoms with Crippen LogP contribution in [0, 0.1) is 0 Å². The number of primary sulfonamides is 1. The van der Waals surface area contributed by atoms with Crippen molar-refractivity contribution < 1.29 is 21.6 Å². The molecule has 0 unspecified atom stereocenters. The third-order valence-electron chi connectivity index (χ3n) is 3.44. The molecule has 4 nitrogen and oxygen atoms in total. The minimum absolute atomic E-state index is 0.0643. The summed E-state index contributed by atoms with van der Waals surface area (Å²) in [4.78, 5) is 4.07. The fourth-order valence-corrected chi connectivity index (χ4v) is 4.03. The van der Waals surface area contributed by atoms with Crippen LogP contribution in [0.1, 0.15) is 5.56 Å². The molecule has 0 amide bonds. The molecule has 2 aromatic carbocycles. The van der Waals surface area contributed by atoms with Gasteiger partial charge in [0.25, 0.3) is 0 Å². The molecule has 0 aliphatic carbocycles. The van der Waals surface area contributed by atoms with Crippen LogP contribution in [0.3, 0.4) is 0 Å². The zero-order chi connectivity index (χ0) is 18.2. The average Bonchev–Trinajstić information content (AvgIpc) is 3.03. The molecule has 9 heteroatoms. The summed E-state index contributed by atoms with van der Waals surface area (Å²) in [6.45, 7) is 0. The lowest BCUT2D eigenvalue weighted by Gasteiger charge is -2.10. The number of nitrogens with two attached hydrogens (primary N) is 1. The maximum absolute atomic E-state index is 13.2. The van der Waals surface area contributed by atoms with E-state index in [-0.39, 0.29) is 26.7 Å².